The summed E-state index contributed by atoms with van der Waals surface area (Å²) in [6.07, 6.45) is -1.77. The van der Waals surface area contributed by atoms with E-state index in [4.69, 9.17) is 4.74 Å². The number of hydrogen-bond acceptors (Lipinski definition) is 12. The predicted molar refractivity (Wildman–Crippen MR) is 168 cm³/mol. The average molecular weight is 695 g/mol. The number of ether oxygens (including phenoxy) is 1. The Kier molecular flexibility index (Phi) is 10.6. The van der Waals surface area contributed by atoms with E-state index in [1.54, 1.807) is 12.1 Å². The number of likely N-dealkylation sites (N-methyl/N-ethyl adjacent to an activating group) is 1. The Morgan fingerprint density at radius 3 is 2.54 bits per heavy atom. The van der Waals surface area contributed by atoms with Gasteiger partial charge in [0.25, 0.3) is 11.8 Å². The molecule has 48 heavy (non-hydrogen) atoms. The molecule has 2 aromatic heterocycles. The van der Waals surface area contributed by atoms with Crippen LogP contribution in [0, 0.1) is 0 Å². The summed E-state index contributed by atoms with van der Waals surface area (Å²) in [6, 6.07) is 5.04. The number of alkyl halides is 3. The van der Waals surface area contributed by atoms with Gasteiger partial charge in [0.15, 0.2) is 11.4 Å². The molecule has 2 aliphatic heterocycles. The molecule has 0 saturated carbocycles. The molecule has 260 valence electrons. The Balaban J connectivity index is 1.39. The van der Waals surface area contributed by atoms with E-state index < -0.39 is 44.2 Å². The highest BCUT2D eigenvalue weighted by atomic mass is 32.2. The van der Waals surface area contributed by atoms with Gasteiger partial charge in [-0.05, 0) is 45.1 Å². The van der Waals surface area contributed by atoms with Crippen LogP contribution in [-0.2, 0) is 20.8 Å². The number of anilines is 2. The number of nitrogens with zero attached hydrogens (tertiary/aromatic N) is 8. The molecule has 15 nitrogen and oxygen atoms in total. The van der Waals surface area contributed by atoms with Crippen LogP contribution in [0.3, 0.4) is 0 Å². The maximum atomic E-state index is 14.0. The number of nitrogens with one attached hydrogen (secondary N) is 2. The third kappa shape index (κ3) is 8.44. The fourth-order valence-corrected chi connectivity index (χ4v) is 5.84. The Bertz CT molecular complexity index is 1750. The highest BCUT2D eigenvalue weighted by Gasteiger charge is 2.39. The molecule has 0 bridgehead atoms. The van der Waals surface area contributed by atoms with Crippen LogP contribution in [0.4, 0.5) is 24.5 Å². The molecule has 2 N–H and O–H groups in total. The van der Waals surface area contributed by atoms with Gasteiger partial charge in [0.1, 0.15) is 0 Å². The van der Waals surface area contributed by atoms with Crippen LogP contribution < -0.4 is 15.5 Å². The van der Waals surface area contributed by atoms with Crippen molar-refractivity contribution < 1.29 is 35.9 Å². The van der Waals surface area contributed by atoms with E-state index in [1.807, 2.05) is 18.9 Å². The van der Waals surface area contributed by atoms with E-state index in [0.717, 1.165) is 26.1 Å². The largest absolute Gasteiger partial charge is 0.434 e. The van der Waals surface area contributed by atoms with E-state index in [0.29, 0.717) is 63.2 Å². The number of halogens is 3. The van der Waals surface area contributed by atoms with Gasteiger partial charge < -0.3 is 25.2 Å². The second-order valence-electron chi connectivity index (χ2n) is 11.7. The summed E-state index contributed by atoms with van der Waals surface area (Å²) < 4.78 is 72.3. The van der Waals surface area contributed by atoms with Gasteiger partial charge in [-0.25, -0.2) is 23.1 Å². The van der Waals surface area contributed by atoms with Crippen LogP contribution in [0.15, 0.2) is 35.7 Å². The van der Waals surface area contributed by atoms with Crippen LogP contribution in [0.25, 0.3) is 5.69 Å². The molecule has 19 heteroatoms. The molecule has 0 aliphatic carbocycles. The molecule has 4 heterocycles. The van der Waals surface area contributed by atoms with Gasteiger partial charge in [-0.3, -0.25) is 14.5 Å². The first-order valence-electron chi connectivity index (χ1n) is 15.3. The lowest BCUT2D eigenvalue weighted by molar-refractivity contribution is -0.142. The minimum absolute atomic E-state index is 0.0573. The molecule has 1 atom stereocenters. The Morgan fingerprint density at radius 1 is 1.10 bits per heavy atom. The fraction of sp³-hybridized carbons (Fsp3) is 0.517. The number of carbonyl (C=O) groups is 2. The number of amides is 2. The van der Waals surface area contributed by atoms with E-state index in [1.165, 1.54) is 16.9 Å². The normalized spacial score (nSPS) is 18.1. The summed E-state index contributed by atoms with van der Waals surface area (Å²) >= 11 is 0. The molecule has 2 aliphatic rings. The molecule has 2 amide bonds. The molecule has 2 saturated heterocycles. The second-order valence-corrected chi connectivity index (χ2v) is 13.6. The van der Waals surface area contributed by atoms with Crippen LogP contribution in [-0.4, -0.2) is 133 Å². The zero-order chi connectivity index (χ0) is 34.6. The average Bonchev–Trinajstić information content (AvgIpc) is 3.54. The van der Waals surface area contributed by atoms with Crippen molar-refractivity contribution in [3.63, 3.8) is 0 Å². The van der Waals surface area contributed by atoms with E-state index in [9.17, 15) is 31.2 Å². The van der Waals surface area contributed by atoms with E-state index >= 15 is 0 Å². The topological polar surface area (TPSA) is 168 Å². The number of sulfone groups is 1. The molecule has 3 aromatic rings. The summed E-state index contributed by atoms with van der Waals surface area (Å²) in [6.45, 7) is 8.21. The SMILES string of the molecule is C[C@@H]1CN(c2ccc(-n3cc(C(=O)NCCCN4CCOCC4)nn3)cc2NC(=O)c2cnc(S(C)(=O)=O)nc2C(F)(F)F)CCN1C. The molecule has 1 aromatic carbocycles. The highest BCUT2D eigenvalue weighted by molar-refractivity contribution is 7.90. The first-order valence-corrected chi connectivity index (χ1v) is 17.2. The van der Waals surface area contributed by atoms with Gasteiger partial charge >= 0.3 is 6.18 Å². The van der Waals surface area contributed by atoms with Crippen LogP contribution >= 0.6 is 0 Å². The fourth-order valence-electron chi connectivity index (χ4n) is 5.34. The Hall–Kier alpha value is -4.20. The van der Waals surface area contributed by atoms with Crippen LogP contribution in [0.2, 0.25) is 0 Å². The van der Waals surface area contributed by atoms with Crippen molar-refractivity contribution in [3.8, 4) is 5.69 Å². The first-order chi connectivity index (χ1) is 22.7. The number of piperazine rings is 1. The third-order valence-corrected chi connectivity index (χ3v) is 9.03. The predicted octanol–water partition coefficient (Wildman–Crippen LogP) is 1.32. The standard InChI is InChI=1S/C29H37F3N10O5S/c1-19-17-41(10-9-39(19)2)24-6-5-20(42-18-23(37-38-42)27(44)33-7-4-8-40-11-13-47-14-12-40)15-22(24)35-26(43)21-16-34-28(48(3,45)46)36-25(21)29(30,31)32/h5-6,15-16,18-19H,4,7-14,17H2,1-3H3,(H,33,44)(H,35,43)/t19-/m1/s1. The number of morpholine rings is 1. The third-order valence-electron chi connectivity index (χ3n) is 8.17. The van der Waals surface area contributed by atoms with Crippen molar-refractivity contribution >= 4 is 33.0 Å². The minimum atomic E-state index is -5.15. The highest BCUT2D eigenvalue weighted by Crippen LogP contribution is 2.34. The van der Waals surface area contributed by atoms with Crippen molar-refractivity contribution in [1.82, 2.24) is 40.1 Å². The molecular formula is C29H37F3N10O5S. The summed E-state index contributed by atoms with van der Waals surface area (Å²) in [5.41, 5.74) is -1.52. The second kappa shape index (κ2) is 14.5. The van der Waals surface area contributed by atoms with Gasteiger partial charge in [-0.15, -0.1) is 5.10 Å². The Morgan fingerprint density at radius 2 is 1.85 bits per heavy atom. The summed E-state index contributed by atoms with van der Waals surface area (Å²) in [4.78, 5) is 39.2. The number of carbonyl (C=O) groups excluding carboxylic acids is 2. The summed E-state index contributed by atoms with van der Waals surface area (Å²) in [5, 5.41) is 12.4. The van der Waals surface area contributed by atoms with Gasteiger partial charge in [0.05, 0.1) is 42.0 Å². The summed E-state index contributed by atoms with van der Waals surface area (Å²) in [5.74, 6) is -1.62. The van der Waals surface area contributed by atoms with E-state index in [2.05, 4.69) is 40.7 Å². The van der Waals surface area contributed by atoms with Gasteiger partial charge in [-0.2, -0.15) is 13.2 Å². The van der Waals surface area contributed by atoms with Crippen LogP contribution in [0.5, 0.6) is 0 Å². The van der Waals surface area contributed by atoms with Gasteiger partial charge in [0.2, 0.25) is 15.0 Å². The first kappa shape index (κ1) is 35.1. The van der Waals surface area contributed by atoms with Crippen LogP contribution in [0.1, 0.15) is 39.9 Å². The number of hydrogen-bond donors (Lipinski definition) is 2. The molecule has 0 radical (unpaired) electrons. The zero-order valence-corrected chi connectivity index (χ0v) is 27.5. The lowest BCUT2D eigenvalue weighted by atomic mass is 10.1. The van der Waals surface area contributed by atoms with Crippen molar-refractivity contribution in [2.24, 2.45) is 0 Å². The quantitative estimate of drug-likeness (QED) is 0.231. The molecule has 2 fully saturated rings. The Labute approximate surface area is 275 Å². The molecular weight excluding hydrogens is 657 g/mol. The smallest absolute Gasteiger partial charge is 0.379 e. The maximum Gasteiger partial charge on any atom is 0.434 e. The number of aromatic nitrogens is 5. The van der Waals surface area contributed by atoms with Crippen molar-refractivity contribution in [2.75, 3.05) is 82.5 Å². The lowest BCUT2D eigenvalue weighted by Gasteiger charge is -2.39. The molecule has 5 rings (SSSR count). The molecule has 0 unspecified atom stereocenters. The number of benzene rings is 1. The monoisotopic (exact) mass is 694 g/mol. The minimum Gasteiger partial charge on any atom is -0.379 e. The maximum absolute atomic E-state index is 14.0. The van der Waals surface area contributed by atoms with Gasteiger partial charge in [-0.1, -0.05) is 5.21 Å². The zero-order valence-electron chi connectivity index (χ0n) is 26.7. The van der Waals surface area contributed by atoms with E-state index in [-0.39, 0.29) is 17.4 Å². The van der Waals surface area contributed by atoms with Gasteiger partial charge in [0, 0.05) is 57.8 Å². The molecule has 0 spiro atoms. The van der Waals surface area contributed by atoms with Crippen molar-refractivity contribution in [3.05, 3.63) is 47.5 Å². The van der Waals surface area contributed by atoms with Crippen molar-refractivity contribution in [2.45, 2.75) is 30.7 Å². The lowest BCUT2D eigenvalue weighted by Crippen LogP contribution is -2.50. The number of rotatable bonds is 10. The van der Waals surface area contributed by atoms with Crippen molar-refractivity contribution in [1.29, 1.82) is 0 Å². The summed E-state index contributed by atoms with van der Waals surface area (Å²) in [7, 11) is -2.20.